The van der Waals surface area contributed by atoms with Gasteiger partial charge in [0.2, 0.25) is 17.7 Å². The highest BCUT2D eigenvalue weighted by molar-refractivity contribution is 7.80. The number of thiol groups is 1. The molecule has 1 saturated heterocycles. The monoisotopic (exact) mass is 461 g/mol. The second-order valence-corrected chi connectivity index (χ2v) is 8.08. The molecule has 1 fully saturated rings. The first kappa shape index (κ1) is 23.6. The third-order valence-electron chi connectivity index (χ3n) is 5.51. The van der Waals surface area contributed by atoms with Crippen molar-refractivity contribution in [2.45, 2.75) is 37.4 Å². The summed E-state index contributed by atoms with van der Waals surface area (Å²) in [6.07, 6.45) is 3.28. The van der Waals surface area contributed by atoms with E-state index in [0.717, 1.165) is 16.5 Å². The highest BCUT2D eigenvalue weighted by Gasteiger charge is 2.36. The zero-order chi connectivity index (χ0) is 23.3. The molecule has 3 unspecified atom stereocenters. The van der Waals surface area contributed by atoms with Gasteiger partial charge >= 0.3 is 5.97 Å². The van der Waals surface area contributed by atoms with Gasteiger partial charge in [-0.1, -0.05) is 18.2 Å². The third-order valence-corrected chi connectivity index (χ3v) is 5.87. The number of amides is 3. The molecule has 3 amide bonds. The number of nitrogens with one attached hydrogen (secondary N) is 3. The number of benzene rings is 1. The van der Waals surface area contributed by atoms with Crippen molar-refractivity contribution in [3.8, 4) is 0 Å². The molecule has 172 valence electrons. The lowest BCUT2D eigenvalue weighted by Crippen LogP contribution is -2.53. The van der Waals surface area contributed by atoms with Crippen molar-refractivity contribution in [3.05, 3.63) is 36.0 Å². The lowest BCUT2D eigenvalue weighted by Gasteiger charge is -2.26. The van der Waals surface area contributed by atoms with Crippen LogP contribution in [0.1, 0.15) is 18.4 Å². The van der Waals surface area contributed by atoms with E-state index in [0.29, 0.717) is 25.8 Å². The Kier molecular flexibility index (Phi) is 7.75. The minimum Gasteiger partial charge on any atom is -0.480 e. The molecule has 3 atom stereocenters. The molecule has 11 heteroatoms. The van der Waals surface area contributed by atoms with Gasteiger partial charge in [-0.3, -0.25) is 14.4 Å². The highest BCUT2D eigenvalue weighted by atomic mass is 32.1. The van der Waals surface area contributed by atoms with Gasteiger partial charge in [0.05, 0.1) is 12.6 Å². The van der Waals surface area contributed by atoms with Crippen molar-refractivity contribution in [1.29, 1.82) is 0 Å². The van der Waals surface area contributed by atoms with Crippen LogP contribution in [0.5, 0.6) is 0 Å². The number of carbonyl (C=O) groups excluding carboxylic acids is 3. The number of para-hydroxylation sites is 1. The Morgan fingerprint density at radius 1 is 1.28 bits per heavy atom. The lowest BCUT2D eigenvalue weighted by atomic mass is 10.0. The molecule has 0 radical (unpaired) electrons. The van der Waals surface area contributed by atoms with Crippen LogP contribution in [0, 0.1) is 0 Å². The van der Waals surface area contributed by atoms with E-state index in [9.17, 15) is 19.2 Å². The van der Waals surface area contributed by atoms with Crippen LogP contribution in [-0.2, 0) is 25.6 Å². The van der Waals surface area contributed by atoms with Crippen molar-refractivity contribution in [2.75, 3.05) is 18.8 Å². The van der Waals surface area contributed by atoms with Gasteiger partial charge in [0, 0.05) is 29.4 Å². The smallest absolute Gasteiger partial charge is 0.327 e. The first-order valence-electron chi connectivity index (χ1n) is 10.3. The van der Waals surface area contributed by atoms with Crippen molar-refractivity contribution in [1.82, 2.24) is 20.5 Å². The fraction of sp³-hybridized carbons (Fsp3) is 0.429. The quantitative estimate of drug-likeness (QED) is 0.280. The number of nitrogens with two attached hydrogens (primary N) is 1. The van der Waals surface area contributed by atoms with Crippen LogP contribution in [0.4, 0.5) is 0 Å². The minimum absolute atomic E-state index is 0.0752. The summed E-state index contributed by atoms with van der Waals surface area (Å²) in [4.78, 5) is 53.1. The normalized spacial score (nSPS) is 17.7. The molecule has 32 heavy (non-hydrogen) atoms. The number of hydrogen-bond acceptors (Lipinski definition) is 6. The van der Waals surface area contributed by atoms with Crippen molar-refractivity contribution in [3.63, 3.8) is 0 Å². The number of fused-ring (bicyclic) bond motifs is 1. The molecule has 3 rings (SSSR count). The molecule has 0 aliphatic carbocycles. The Morgan fingerprint density at radius 3 is 2.75 bits per heavy atom. The molecule has 0 bridgehead atoms. The Balaban J connectivity index is 1.56. The van der Waals surface area contributed by atoms with Gasteiger partial charge in [0.15, 0.2) is 0 Å². The van der Waals surface area contributed by atoms with E-state index in [1.807, 2.05) is 30.5 Å². The molecule has 1 aromatic heterocycles. The second-order valence-electron chi connectivity index (χ2n) is 7.72. The van der Waals surface area contributed by atoms with E-state index in [1.165, 1.54) is 4.90 Å². The summed E-state index contributed by atoms with van der Waals surface area (Å²) in [5.74, 6) is -2.72. The second kappa shape index (κ2) is 10.5. The number of rotatable bonds is 9. The largest absolute Gasteiger partial charge is 0.480 e. The number of aliphatic carboxylic acids is 1. The summed E-state index contributed by atoms with van der Waals surface area (Å²) in [5.41, 5.74) is 8.09. The standard InChI is InChI=1S/C21H27N5O5S/c22-14(8-12-9-23-15-5-2-1-4-13(12)15)20(29)26-7-3-6-17(26)19(28)24-10-18(27)25-16(11-32)21(30)31/h1-2,4-5,9,14,16-17,23,32H,3,6-8,10-11,22H2,(H,24,28)(H,25,27)(H,30,31). The molecule has 0 saturated carbocycles. The van der Waals surface area contributed by atoms with Gasteiger partial charge in [-0.25, -0.2) is 4.79 Å². The predicted molar refractivity (Wildman–Crippen MR) is 121 cm³/mol. The molecule has 10 nitrogen and oxygen atoms in total. The fourth-order valence-electron chi connectivity index (χ4n) is 3.86. The van der Waals surface area contributed by atoms with Crippen molar-refractivity contribution < 1.29 is 24.3 Å². The molecule has 1 aliphatic heterocycles. The molecule has 1 aliphatic rings. The first-order chi connectivity index (χ1) is 15.3. The maximum atomic E-state index is 13.0. The van der Waals surface area contributed by atoms with E-state index in [1.54, 1.807) is 0 Å². The first-order valence-corrected chi connectivity index (χ1v) is 11.0. The van der Waals surface area contributed by atoms with Crippen LogP contribution >= 0.6 is 12.6 Å². The summed E-state index contributed by atoms with van der Waals surface area (Å²) in [6.45, 7) is 0.0156. The molecular formula is C21H27N5O5S. The van der Waals surface area contributed by atoms with E-state index in [2.05, 4.69) is 28.2 Å². The van der Waals surface area contributed by atoms with Crippen LogP contribution in [0.25, 0.3) is 10.9 Å². The van der Waals surface area contributed by atoms with Gasteiger partial charge in [0.25, 0.3) is 0 Å². The molecule has 0 spiro atoms. The number of aromatic amines is 1. The number of H-pyrrole nitrogens is 1. The van der Waals surface area contributed by atoms with E-state index < -0.39 is 42.5 Å². The van der Waals surface area contributed by atoms with Crippen LogP contribution in [0.15, 0.2) is 30.5 Å². The Hall–Kier alpha value is -3.05. The SMILES string of the molecule is NC(Cc1c[nH]c2ccccc12)C(=O)N1CCCC1C(=O)NCC(=O)NC(CS)C(=O)O. The Morgan fingerprint density at radius 2 is 2.03 bits per heavy atom. The zero-order valence-corrected chi connectivity index (χ0v) is 18.3. The summed E-state index contributed by atoms with van der Waals surface area (Å²) in [7, 11) is 0. The summed E-state index contributed by atoms with van der Waals surface area (Å²) >= 11 is 3.87. The summed E-state index contributed by atoms with van der Waals surface area (Å²) < 4.78 is 0. The number of likely N-dealkylation sites (tertiary alicyclic amines) is 1. The van der Waals surface area contributed by atoms with E-state index in [-0.39, 0.29) is 11.7 Å². The van der Waals surface area contributed by atoms with Gasteiger partial charge in [-0.15, -0.1) is 0 Å². The van der Waals surface area contributed by atoms with Crippen LogP contribution in [-0.4, -0.2) is 75.6 Å². The number of carboxylic acid groups (broad SMARTS) is 1. The predicted octanol–water partition coefficient (Wildman–Crippen LogP) is -0.356. The van der Waals surface area contributed by atoms with Gasteiger partial charge in [-0.05, 0) is 30.9 Å². The minimum atomic E-state index is -1.21. The fourth-order valence-corrected chi connectivity index (χ4v) is 4.10. The van der Waals surface area contributed by atoms with Gasteiger partial charge < -0.3 is 31.4 Å². The number of nitrogens with zero attached hydrogens (tertiary/aromatic N) is 1. The molecule has 2 heterocycles. The maximum absolute atomic E-state index is 13.0. The van der Waals surface area contributed by atoms with E-state index in [4.69, 9.17) is 10.8 Å². The Labute approximate surface area is 190 Å². The summed E-state index contributed by atoms with van der Waals surface area (Å²) in [5, 5.41) is 14.7. The molecule has 2 aromatic rings. The topological polar surface area (TPSA) is 158 Å². The van der Waals surface area contributed by atoms with Gasteiger partial charge in [-0.2, -0.15) is 12.6 Å². The molecular weight excluding hydrogens is 434 g/mol. The maximum Gasteiger partial charge on any atom is 0.327 e. The zero-order valence-electron chi connectivity index (χ0n) is 17.4. The van der Waals surface area contributed by atoms with E-state index >= 15 is 0 Å². The van der Waals surface area contributed by atoms with Crippen LogP contribution < -0.4 is 16.4 Å². The number of carbonyl (C=O) groups is 4. The summed E-state index contributed by atoms with van der Waals surface area (Å²) in [6, 6.07) is 5.06. The van der Waals surface area contributed by atoms with Crippen molar-refractivity contribution in [2.24, 2.45) is 5.73 Å². The number of carboxylic acids is 1. The average molecular weight is 462 g/mol. The molecule has 6 N–H and O–H groups in total. The van der Waals surface area contributed by atoms with Crippen LogP contribution in [0.2, 0.25) is 0 Å². The third kappa shape index (κ3) is 5.40. The Bertz CT molecular complexity index is 1010. The van der Waals surface area contributed by atoms with Gasteiger partial charge in [0.1, 0.15) is 12.1 Å². The average Bonchev–Trinajstić information content (AvgIpc) is 3.42. The van der Waals surface area contributed by atoms with Crippen LogP contribution in [0.3, 0.4) is 0 Å². The number of hydrogen-bond donors (Lipinski definition) is 6. The molecule has 1 aromatic carbocycles. The highest BCUT2D eigenvalue weighted by Crippen LogP contribution is 2.22. The lowest BCUT2D eigenvalue weighted by molar-refractivity contribution is -0.141. The number of aromatic nitrogens is 1. The van der Waals surface area contributed by atoms with Crippen molar-refractivity contribution >= 4 is 47.2 Å².